The third-order valence-electron chi connectivity index (χ3n) is 2.34. The predicted molar refractivity (Wildman–Crippen MR) is 51.3 cm³/mol. The molecule has 0 amide bonds. The summed E-state index contributed by atoms with van der Waals surface area (Å²) < 4.78 is 16.8. The lowest BCUT2D eigenvalue weighted by atomic mass is 10.2. The molecule has 0 bridgehead atoms. The van der Waals surface area contributed by atoms with Crippen LogP contribution in [0.1, 0.15) is 20.3 Å². The average Bonchev–Trinajstić information content (AvgIpc) is 2.57. The van der Waals surface area contributed by atoms with Gasteiger partial charge in [-0.05, 0) is 26.3 Å². The van der Waals surface area contributed by atoms with E-state index in [1.54, 1.807) is 0 Å². The van der Waals surface area contributed by atoms with Crippen molar-refractivity contribution in [3.63, 3.8) is 0 Å². The summed E-state index contributed by atoms with van der Waals surface area (Å²) in [6.07, 6.45) is 7.98. The molecule has 1 fully saturated rings. The Morgan fingerprint density at radius 1 is 1.64 bits per heavy atom. The molecule has 1 aliphatic carbocycles. The lowest BCUT2D eigenvalue weighted by Gasteiger charge is -2.18. The number of fused-ring (bicyclic) bond motifs is 1. The van der Waals surface area contributed by atoms with Crippen LogP contribution >= 0.6 is 0 Å². The van der Waals surface area contributed by atoms with Crippen molar-refractivity contribution in [3.05, 3.63) is 11.8 Å². The smallest absolute Gasteiger partial charge is 0.164 e. The highest BCUT2D eigenvalue weighted by Gasteiger charge is 2.46. The van der Waals surface area contributed by atoms with Crippen LogP contribution in [0.2, 0.25) is 0 Å². The quantitative estimate of drug-likeness (QED) is 0.623. The van der Waals surface area contributed by atoms with Gasteiger partial charge in [-0.2, -0.15) is 0 Å². The fraction of sp³-hybridized carbons (Fsp3) is 0.636. The second-order valence-electron chi connectivity index (χ2n) is 3.93. The molecular formula is C11H14O3. The minimum Gasteiger partial charge on any atom is -0.483 e. The first-order chi connectivity index (χ1) is 6.62. The van der Waals surface area contributed by atoms with Gasteiger partial charge in [-0.15, -0.1) is 6.42 Å². The molecule has 0 aromatic carbocycles. The second kappa shape index (κ2) is 3.30. The molecule has 0 saturated carbocycles. The van der Waals surface area contributed by atoms with Crippen LogP contribution < -0.4 is 0 Å². The van der Waals surface area contributed by atoms with Gasteiger partial charge in [0.2, 0.25) is 0 Å². The summed E-state index contributed by atoms with van der Waals surface area (Å²) >= 11 is 0. The number of hydrogen-bond acceptors (Lipinski definition) is 3. The molecule has 2 rings (SSSR count). The lowest BCUT2D eigenvalue weighted by molar-refractivity contribution is -0.147. The second-order valence-corrected chi connectivity index (χ2v) is 3.93. The first-order valence-corrected chi connectivity index (χ1v) is 4.74. The van der Waals surface area contributed by atoms with Gasteiger partial charge in [0.1, 0.15) is 18.5 Å². The molecule has 3 nitrogen and oxygen atoms in total. The summed E-state index contributed by atoms with van der Waals surface area (Å²) in [5.74, 6) is 2.75. The van der Waals surface area contributed by atoms with Gasteiger partial charge < -0.3 is 14.2 Å². The van der Waals surface area contributed by atoms with E-state index in [4.69, 9.17) is 20.6 Å². The monoisotopic (exact) mass is 194 g/mol. The molecule has 0 aromatic rings. The van der Waals surface area contributed by atoms with Crippen molar-refractivity contribution >= 4 is 0 Å². The van der Waals surface area contributed by atoms with Crippen LogP contribution in [0.15, 0.2) is 11.8 Å². The van der Waals surface area contributed by atoms with E-state index in [1.807, 2.05) is 19.9 Å². The summed E-state index contributed by atoms with van der Waals surface area (Å²) in [5.41, 5.74) is 0. The summed E-state index contributed by atoms with van der Waals surface area (Å²) in [5, 5.41) is 0. The molecular weight excluding hydrogens is 180 g/mol. The van der Waals surface area contributed by atoms with Crippen molar-refractivity contribution < 1.29 is 14.2 Å². The lowest BCUT2D eigenvalue weighted by Crippen LogP contribution is -2.22. The molecule has 3 heteroatoms. The van der Waals surface area contributed by atoms with Gasteiger partial charge >= 0.3 is 0 Å². The standard InChI is InChI=1S/C11H14O3/c1-4-7-12-8-5-6-9-10(8)14-11(2,3)13-9/h1,5,9-10H,6-7H2,2-3H3/t9-,10+/m0/s1. The van der Waals surface area contributed by atoms with Crippen LogP contribution in [0.25, 0.3) is 0 Å². The highest BCUT2D eigenvalue weighted by atomic mass is 16.8. The maximum Gasteiger partial charge on any atom is 0.164 e. The van der Waals surface area contributed by atoms with Crippen molar-refractivity contribution in [2.24, 2.45) is 0 Å². The van der Waals surface area contributed by atoms with E-state index in [0.717, 1.165) is 12.2 Å². The summed E-state index contributed by atoms with van der Waals surface area (Å²) in [6, 6.07) is 0. The molecule has 14 heavy (non-hydrogen) atoms. The van der Waals surface area contributed by atoms with Crippen molar-refractivity contribution in [2.75, 3.05) is 6.61 Å². The topological polar surface area (TPSA) is 27.7 Å². The number of rotatable bonds is 2. The minimum atomic E-state index is -0.506. The number of ether oxygens (including phenoxy) is 3. The van der Waals surface area contributed by atoms with Gasteiger partial charge in [0.25, 0.3) is 0 Å². The zero-order valence-electron chi connectivity index (χ0n) is 8.45. The van der Waals surface area contributed by atoms with Gasteiger partial charge in [-0.25, -0.2) is 0 Å². The fourth-order valence-electron chi connectivity index (χ4n) is 1.86. The fourth-order valence-corrected chi connectivity index (χ4v) is 1.86. The van der Waals surface area contributed by atoms with Gasteiger partial charge in [-0.3, -0.25) is 0 Å². The molecule has 76 valence electrons. The van der Waals surface area contributed by atoms with Crippen LogP contribution in [0.5, 0.6) is 0 Å². The average molecular weight is 194 g/mol. The Morgan fingerprint density at radius 3 is 3.14 bits per heavy atom. The van der Waals surface area contributed by atoms with Crippen molar-refractivity contribution in [1.82, 2.24) is 0 Å². The Morgan fingerprint density at radius 2 is 2.43 bits per heavy atom. The molecule has 1 aliphatic heterocycles. The third-order valence-corrected chi connectivity index (χ3v) is 2.34. The molecule has 0 unspecified atom stereocenters. The van der Waals surface area contributed by atoms with Crippen LogP contribution in [0.3, 0.4) is 0 Å². The molecule has 0 N–H and O–H groups in total. The van der Waals surface area contributed by atoms with E-state index in [9.17, 15) is 0 Å². The maximum atomic E-state index is 5.70. The predicted octanol–water partition coefficient (Wildman–Crippen LogP) is 1.44. The molecule has 0 aromatic heterocycles. The number of hydrogen-bond donors (Lipinski definition) is 0. The Hall–Kier alpha value is -0.980. The first kappa shape index (κ1) is 9.57. The maximum absolute atomic E-state index is 5.70. The summed E-state index contributed by atoms with van der Waals surface area (Å²) in [6.45, 7) is 4.10. The van der Waals surface area contributed by atoms with E-state index in [-0.39, 0.29) is 12.2 Å². The molecule has 0 radical (unpaired) electrons. The van der Waals surface area contributed by atoms with Crippen LogP contribution in [-0.4, -0.2) is 24.6 Å². The Bertz CT molecular complexity index is 298. The van der Waals surface area contributed by atoms with Crippen LogP contribution in [-0.2, 0) is 14.2 Å². The van der Waals surface area contributed by atoms with E-state index < -0.39 is 5.79 Å². The van der Waals surface area contributed by atoms with Crippen molar-refractivity contribution in [1.29, 1.82) is 0 Å². The van der Waals surface area contributed by atoms with Gasteiger partial charge in [0.15, 0.2) is 5.79 Å². The van der Waals surface area contributed by atoms with Crippen molar-refractivity contribution in [3.8, 4) is 12.3 Å². The van der Waals surface area contributed by atoms with Gasteiger partial charge in [0, 0.05) is 0 Å². The molecule has 2 aliphatic rings. The van der Waals surface area contributed by atoms with E-state index in [0.29, 0.717) is 6.61 Å². The Kier molecular flexibility index (Phi) is 2.26. The zero-order valence-corrected chi connectivity index (χ0v) is 8.45. The normalized spacial score (nSPS) is 33.4. The van der Waals surface area contributed by atoms with E-state index in [1.165, 1.54) is 0 Å². The SMILES string of the molecule is C#CCOC1=CC[C@@H]2OC(C)(C)O[C@H]12. The zero-order chi connectivity index (χ0) is 10.2. The van der Waals surface area contributed by atoms with E-state index >= 15 is 0 Å². The highest BCUT2D eigenvalue weighted by molar-refractivity contribution is 5.15. The number of terminal acetylenes is 1. The minimum absolute atomic E-state index is 0.0710. The van der Waals surface area contributed by atoms with Gasteiger partial charge in [-0.1, -0.05) is 5.92 Å². The van der Waals surface area contributed by atoms with Crippen LogP contribution in [0, 0.1) is 12.3 Å². The third kappa shape index (κ3) is 1.63. The Labute approximate surface area is 84.0 Å². The molecule has 0 spiro atoms. The molecule has 1 saturated heterocycles. The van der Waals surface area contributed by atoms with Gasteiger partial charge in [0.05, 0.1) is 6.10 Å². The summed E-state index contributed by atoms with van der Waals surface area (Å²) in [7, 11) is 0. The summed E-state index contributed by atoms with van der Waals surface area (Å²) in [4.78, 5) is 0. The van der Waals surface area contributed by atoms with Crippen molar-refractivity contribution in [2.45, 2.75) is 38.3 Å². The highest BCUT2D eigenvalue weighted by Crippen LogP contribution is 2.38. The first-order valence-electron chi connectivity index (χ1n) is 4.74. The molecule has 2 atom stereocenters. The van der Waals surface area contributed by atoms with E-state index in [2.05, 4.69) is 5.92 Å². The molecule has 1 heterocycles. The largest absolute Gasteiger partial charge is 0.483 e. The Balaban J connectivity index is 2.00. The van der Waals surface area contributed by atoms with Crippen LogP contribution in [0.4, 0.5) is 0 Å².